The first-order valence-electron chi connectivity index (χ1n) is 6.11. The second-order valence-electron chi connectivity index (χ2n) is 6.00. The molecule has 1 aliphatic heterocycles. The van der Waals surface area contributed by atoms with Crippen LogP contribution in [-0.2, 0) is 4.74 Å². The van der Waals surface area contributed by atoms with Gasteiger partial charge in [-0.3, -0.25) is 0 Å². The lowest BCUT2D eigenvalue weighted by atomic mass is 9.94. The van der Waals surface area contributed by atoms with Crippen molar-refractivity contribution in [2.24, 2.45) is 0 Å². The zero-order chi connectivity index (χ0) is 13.6. The van der Waals surface area contributed by atoms with Gasteiger partial charge in [-0.1, -0.05) is 0 Å². The topological polar surface area (TPSA) is 21.3 Å². The van der Waals surface area contributed by atoms with Crippen molar-refractivity contribution in [1.29, 1.82) is 0 Å². The summed E-state index contributed by atoms with van der Waals surface area (Å²) in [6, 6.07) is 5.26. The van der Waals surface area contributed by atoms with E-state index in [1.807, 2.05) is 6.07 Å². The summed E-state index contributed by atoms with van der Waals surface area (Å²) < 4.78 is 20.0. The number of hydrogen-bond acceptors (Lipinski definition) is 2. The predicted octanol–water partition coefficient (Wildman–Crippen LogP) is 4.35. The van der Waals surface area contributed by atoms with Gasteiger partial charge in [-0.25, -0.2) is 4.39 Å². The second-order valence-corrected chi connectivity index (χ2v) is 6.85. The summed E-state index contributed by atoms with van der Waals surface area (Å²) in [6.07, 6.45) is 0.900. The Labute approximate surface area is 116 Å². The predicted molar refractivity (Wildman–Crippen MR) is 75.4 cm³/mol. The van der Waals surface area contributed by atoms with Gasteiger partial charge in [0.05, 0.1) is 21.7 Å². The standard InChI is InChI=1S/C14H19BrFNO/c1-13(2)8-12(14(3,4)18-13)17-9-5-6-10(15)11(16)7-9/h5-7,12,17H,8H2,1-4H3. The van der Waals surface area contributed by atoms with Gasteiger partial charge < -0.3 is 10.1 Å². The summed E-state index contributed by atoms with van der Waals surface area (Å²) in [5, 5.41) is 3.37. The van der Waals surface area contributed by atoms with Crippen LogP contribution in [0.4, 0.5) is 10.1 Å². The number of ether oxygens (including phenoxy) is 1. The maximum absolute atomic E-state index is 13.5. The molecule has 1 aliphatic rings. The van der Waals surface area contributed by atoms with E-state index in [0.29, 0.717) is 4.47 Å². The molecule has 100 valence electrons. The molecule has 1 saturated heterocycles. The highest BCUT2D eigenvalue weighted by molar-refractivity contribution is 9.10. The van der Waals surface area contributed by atoms with Crippen LogP contribution in [0.5, 0.6) is 0 Å². The lowest BCUT2D eigenvalue weighted by Crippen LogP contribution is -2.38. The Morgan fingerprint density at radius 3 is 2.50 bits per heavy atom. The van der Waals surface area contributed by atoms with E-state index in [9.17, 15) is 4.39 Å². The lowest BCUT2D eigenvalue weighted by Gasteiger charge is -2.28. The first-order chi connectivity index (χ1) is 8.20. The molecule has 1 aromatic carbocycles. The summed E-state index contributed by atoms with van der Waals surface area (Å²) in [5.74, 6) is -0.254. The molecule has 1 atom stereocenters. The molecule has 0 spiro atoms. The minimum atomic E-state index is -0.257. The van der Waals surface area contributed by atoms with Gasteiger partial charge in [0.15, 0.2) is 0 Å². The summed E-state index contributed by atoms with van der Waals surface area (Å²) in [4.78, 5) is 0. The van der Waals surface area contributed by atoms with E-state index >= 15 is 0 Å². The Hall–Kier alpha value is -0.610. The van der Waals surface area contributed by atoms with Crippen LogP contribution in [0, 0.1) is 5.82 Å². The van der Waals surface area contributed by atoms with Crippen LogP contribution in [-0.4, -0.2) is 17.2 Å². The van der Waals surface area contributed by atoms with Gasteiger partial charge in [-0.05, 0) is 68.2 Å². The Balaban J connectivity index is 2.16. The van der Waals surface area contributed by atoms with Crippen molar-refractivity contribution in [2.45, 2.75) is 51.4 Å². The second kappa shape index (κ2) is 4.49. The van der Waals surface area contributed by atoms with Gasteiger partial charge >= 0.3 is 0 Å². The Morgan fingerprint density at radius 1 is 1.33 bits per heavy atom. The molecule has 0 bridgehead atoms. The fourth-order valence-corrected chi connectivity index (χ4v) is 2.82. The van der Waals surface area contributed by atoms with Crippen LogP contribution in [0.2, 0.25) is 0 Å². The minimum absolute atomic E-state index is 0.144. The van der Waals surface area contributed by atoms with E-state index in [1.165, 1.54) is 6.07 Å². The highest BCUT2D eigenvalue weighted by Crippen LogP contribution is 2.39. The molecule has 1 heterocycles. The number of nitrogens with one attached hydrogen (secondary N) is 1. The van der Waals surface area contributed by atoms with E-state index in [1.54, 1.807) is 6.07 Å². The molecule has 2 rings (SSSR count). The zero-order valence-electron chi connectivity index (χ0n) is 11.2. The Morgan fingerprint density at radius 2 is 2.00 bits per heavy atom. The van der Waals surface area contributed by atoms with Crippen molar-refractivity contribution in [2.75, 3.05) is 5.32 Å². The first kappa shape index (κ1) is 13.8. The molecule has 0 aliphatic carbocycles. The molecular weight excluding hydrogens is 297 g/mol. The van der Waals surface area contributed by atoms with Gasteiger partial charge in [-0.2, -0.15) is 0 Å². The molecule has 0 radical (unpaired) electrons. The minimum Gasteiger partial charge on any atom is -0.379 e. The van der Waals surface area contributed by atoms with Crippen molar-refractivity contribution in [3.05, 3.63) is 28.5 Å². The van der Waals surface area contributed by atoms with E-state index in [4.69, 9.17) is 4.74 Å². The first-order valence-corrected chi connectivity index (χ1v) is 6.91. The summed E-state index contributed by atoms with van der Waals surface area (Å²) >= 11 is 3.16. The van der Waals surface area contributed by atoms with Crippen molar-refractivity contribution in [3.8, 4) is 0 Å². The summed E-state index contributed by atoms with van der Waals surface area (Å²) in [7, 11) is 0. The highest BCUT2D eigenvalue weighted by atomic mass is 79.9. The molecule has 0 aromatic heterocycles. The third-order valence-electron chi connectivity index (χ3n) is 3.33. The van der Waals surface area contributed by atoms with Crippen LogP contribution in [0.3, 0.4) is 0 Å². The largest absolute Gasteiger partial charge is 0.379 e. The van der Waals surface area contributed by atoms with Gasteiger partial charge in [0.25, 0.3) is 0 Å². The average Bonchev–Trinajstić information content (AvgIpc) is 2.40. The number of hydrogen-bond donors (Lipinski definition) is 1. The maximum atomic E-state index is 13.5. The van der Waals surface area contributed by atoms with Gasteiger partial charge in [0, 0.05) is 5.69 Å². The molecule has 1 fully saturated rings. The fraction of sp³-hybridized carbons (Fsp3) is 0.571. The molecule has 0 amide bonds. The molecule has 1 unspecified atom stereocenters. The zero-order valence-corrected chi connectivity index (χ0v) is 12.8. The highest BCUT2D eigenvalue weighted by Gasteiger charge is 2.45. The van der Waals surface area contributed by atoms with Gasteiger partial charge in [0.2, 0.25) is 0 Å². The van der Waals surface area contributed by atoms with E-state index in [0.717, 1.165) is 12.1 Å². The SMILES string of the molecule is CC1(C)CC(Nc2ccc(Br)c(F)c2)C(C)(C)O1. The molecule has 0 saturated carbocycles. The van der Waals surface area contributed by atoms with Crippen LogP contribution < -0.4 is 5.32 Å². The average molecular weight is 316 g/mol. The Bertz CT molecular complexity index is 459. The molecule has 1 aromatic rings. The van der Waals surface area contributed by atoms with E-state index < -0.39 is 0 Å². The lowest BCUT2D eigenvalue weighted by molar-refractivity contribution is -0.0662. The smallest absolute Gasteiger partial charge is 0.139 e. The number of anilines is 1. The molecule has 2 nitrogen and oxygen atoms in total. The van der Waals surface area contributed by atoms with Crippen LogP contribution in [0.1, 0.15) is 34.1 Å². The number of benzene rings is 1. The third-order valence-corrected chi connectivity index (χ3v) is 3.98. The van der Waals surface area contributed by atoms with E-state index in [2.05, 4.69) is 48.9 Å². The number of rotatable bonds is 2. The van der Waals surface area contributed by atoms with Crippen molar-refractivity contribution < 1.29 is 9.13 Å². The van der Waals surface area contributed by atoms with Crippen molar-refractivity contribution in [1.82, 2.24) is 0 Å². The molecule has 1 N–H and O–H groups in total. The molecular formula is C14H19BrFNO. The van der Waals surface area contributed by atoms with Gasteiger partial charge in [-0.15, -0.1) is 0 Å². The molecule has 4 heteroatoms. The third kappa shape index (κ3) is 2.86. The van der Waals surface area contributed by atoms with E-state index in [-0.39, 0.29) is 23.1 Å². The normalized spacial score (nSPS) is 25.1. The maximum Gasteiger partial charge on any atom is 0.139 e. The summed E-state index contributed by atoms with van der Waals surface area (Å²) in [6.45, 7) is 8.29. The quantitative estimate of drug-likeness (QED) is 0.876. The number of halogens is 2. The van der Waals surface area contributed by atoms with Crippen LogP contribution in [0.15, 0.2) is 22.7 Å². The van der Waals surface area contributed by atoms with Crippen molar-refractivity contribution >= 4 is 21.6 Å². The monoisotopic (exact) mass is 315 g/mol. The summed E-state index contributed by atoms with van der Waals surface area (Å²) in [5.41, 5.74) is 0.386. The van der Waals surface area contributed by atoms with Gasteiger partial charge in [0.1, 0.15) is 5.82 Å². The fourth-order valence-electron chi connectivity index (χ4n) is 2.57. The van der Waals surface area contributed by atoms with Crippen LogP contribution in [0.25, 0.3) is 0 Å². The van der Waals surface area contributed by atoms with Crippen LogP contribution >= 0.6 is 15.9 Å². The Kier molecular flexibility index (Phi) is 3.45. The van der Waals surface area contributed by atoms with Crippen molar-refractivity contribution in [3.63, 3.8) is 0 Å². The molecule has 18 heavy (non-hydrogen) atoms.